The number of nitriles is 1. The average molecular weight is 293 g/mol. The summed E-state index contributed by atoms with van der Waals surface area (Å²) in [4.78, 5) is 26.1. The van der Waals surface area contributed by atoms with Crippen LogP contribution in [0.2, 0.25) is 0 Å². The molecule has 1 N–H and O–H groups in total. The Morgan fingerprint density at radius 3 is 2.48 bits per heavy atom. The Bertz CT molecular complexity index is 418. The van der Waals surface area contributed by atoms with Crippen LogP contribution in [0.4, 0.5) is 0 Å². The first kappa shape index (κ1) is 15.8. The van der Waals surface area contributed by atoms with Crippen molar-refractivity contribution in [1.29, 1.82) is 5.26 Å². The van der Waals surface area contributed by atoms with E-state index in [-0.39, 0.29) is 11.8 Å². The fraction of sp³-hybridized carbons (Fsp3) is 0.800. The summed E-state index contributed by atoms with van der Waals surface area (Å²) in [5, 5.41) is 12.0. The van der Waals surface area contributed by atoms with Crippen molar-refractivity contribution < 1.29 is 14.3 Å². The molecule has 0 aromatic heterocycles. The fourth-order valence-electron chi connectivity index (χ4n) is 2.86. The van der Waals surface area contributed by atoms with Crippen molar-refractivity contribution in [3.63, 3.8) is 0 Å². The van der Waals surface area contributed by atoms with E-state index in [1.807, 2.05) is 4.90 Å². The molecule has 2 aliphatic rings. The van der Waals surface area contributed by atoms with Gasteiger partial charge in [0, 0.05) is 39.3 Å². The van der Waals surface area contributed by atoms with Gasteiger partial charge in [-0.1, -0.05) is 0 Å². The number of piperidine rings is 1. The molecule has 21 heavy (non-hydrogen) atoms. The predicted molar refractivity (Wildman–Crippen MR) is 76.2 cm³/mol. The lowest BCUT2D eigenvalue weighted by Gasteiger charge is -2.29. The van der Waals surface area contributed by atoms with Gasteiger partial charge in [0.25, 0.3) is 0 Å². The van der Waals surface area contributed by atoms with Crippen LogP contribution in [-0.4, -0.2) is 49.6 Å². The highest BCUT2D eigenvalue weighted by Crippen LogP contribution is 2.29. The van der Waals surface area contributed by atoms with E-state index in [2.05, 4.69) is 11.4 Å². The molecule has 2 amide bonds. The number of amides is 2. The smallest absolute Gasteiger partial charge is 0.240 e. The Hall–Kier alpha value is -1.61. The molecule has 0 aromatic rings. The summed E-state index contributed by atoms with van der Waals surface area (Å²) in [6.07, 6.45) is 4.48. The lowest BCUT2D eigenvalue weighted by molar-refractivity contribution is -0.133. The Morgan fingerprint density at radius 1 is 1.19 bits per heavy atom. The summed E-state index contributed by atoms with van der Waals surface area (Å²) in [7, 11) is 0. The zero-order valence-corrected chi connectivity index (χ0v) is 12.4. The van der Waals surface area contributed by atoms with E-state index in [0.717, 1.165) is 25.9 Å². The molecule has 2 aliphatic heterocycles. The number of carbonyl (C=O) groups excluding carboxylic acids is 2. The van der Waals surface area contributed by atoms with Crippen LogP contribution in [0.1, 0.15) is 38.5 Å². The van der Waals surface area contributed by atoms with Crippen molar-refractivity contribution in [2.75, 3.05) is 32.8 Å². The number of nitrogens with zero attached hydrogens (tertiary/aromatic N) is 2. The maximum Gasteiger partial charge on any atom is 0.240 e. The second-order valence-electron chi connectivity index (χ2n) is 5.75. The molecule has 0 unspecified atom stereocenters. The van der Waals surface area contributed by atoms with Crippen LogP contribution in [0.3, 0.4) is 0 Å². The molecule has 6 nitrogen and oxygen atoms in total. The second-order valence-corrected chi connectivity index (χ2v) is 5.75. The summed E-state index contributed by atoms with van der Waals surface area (Å²) in [5.74, 6) is -0.173. The average Bonchev–Trinajstić information content (AvgIpc) is 2.56. The Morgan fingerprint density at radius 2 is 1.86 bits per heavy atom. The summed E-state index contributed by atoms with van der Waals surface area (Å²) in [6, 6.07) is 2.13. The highest BCUT2D eigenvalue weighted by Gasteiger charge is 2.40. The van der Waals surface area contributed by atoms with Crippen molar-refractivity contribution in [1.82, 2.24) is 10.2 Å². The van der Waals surface area contributed by atoms with Gasteiger partial charge in [0.15, 0.2) is 0 Å². The molecular weight excluding hydrogens is 270 g/mol. The van der Waals surface area contributed by atoms with Gasteiger partial charge < -0.3 is 15.0 Å². The topological polar surface area (TPSA) is 82.4 Å². The molecule has 0 spiro atoms. The molecule has 2 saturated heterocycles. The van der Waals surface area contributed by atoms with Crippen LogP contribution in [0.5, 0.6) is 0 Å². The zero-order valence-electron chi connectivity index (χ0n) is 12.4. The van der Waals surface area contributed by atoms with Gasteiger partial charge in [0.05, 0.1) is 6.07 Å². The number of nitrogens with one attached hydrogen (secondary N) is 1. The number of hydrogen-bond acceptors (Lipinski definition) is 4. The summed E-state index contributed by atoms with van der Waals surface area (Å²) >= 11 is 0. The molecule has 2 heterocycles. The molecule has 116 valence electrons. The molecule has 0 radical (unpaired) electrons. The molecule has 0 bridgehead atoms. The molecule has 0 atom stereocenters. The van der Waals surface area contributed by atoms with Crippen LogP contribution >= 0.6 is 0 Å². The first-order chi connectivity index (χ1) is 10.2. The van der Waals surface area contributed by atoms with E-state index < -0.39 is 5.41 Å². The van der Waals surface area contributed by atoms with E-state index in [0.29, 0.717) is 39.0 Å². The van der Waals surface area contributed by atoms with Crippen LogP contribution < -0.4 is 5.32 Å². The van der Waals surface area contributed by atoms with Gasteiger partial charge in [-0.2, -0.15) is 5.26 Å². The fourth-order valence-corrected chi connectivity index (χ4v) is 2.86. The lowest BCUT2D eigenvalue weighted by atomic mass is 9.81. The van der Waals surface area contributed by atoms with Crippen LogP contribution in [0.15, 0.2) is 0 Å². The third-order valence-corrected chi connectivity index (χ3v) is 4.33. The van der Waals surface area contributed by atoms with Gasteiger partial charge in [-0.15, -0.1) is 0 Å². The van der Waals surface area contributed by atoms with Crippen LogP contribution in [0, 0.1) is 16.7 Å². The van der Waals surface area contributed by atoms with Crippen molar-refractivity contribution in [2.24, 2.45) is 5.41 Å². The molecule has 0 aliphatic carbocycles. The van der Waals surface area contributed by atoms with E-state index in [1.165, 1.54) is 6.42 Å². The van der Waals surface area contributed by atoms with E-state index in [9.17, 15) is 14.9 Å². The zero-order chi connectivity index (χ0) is 15.1. The first-order valence-electron chi connectivity index (χ1n) is 7.73. The van der Waals surface area contributed by atoms with Gasteiger partial charge in [0.2, 0.25) is 11.8 Å². The second kappa shape index (κ2) is 7.41. The predicted octanol–water partition coefficient (Wildman–Crippen LogP) is 0.826. The summed E-state index contributed by atoms with van der Waals surface area (Å²) < 4.78 is 5.21. The van der Waals surface area contributed by atoms with E-state index in [1.54, 1.807) is 0 Å². The minimum Gasteiger partial charge on any atom is -0.381 e. The Kier molecular flexibility index (Phi) is 5.57. The van der Waals surface area contributed by atoms with Crippen molar-refractivity contribution in [3.05, 3.63) is 0 Å². The quantitative estimate of drug-likeness (QED) is 0.832. The molecule has 2 fully saturated rings. The molecule has 0 aromatic carbocycles. The standard InChI is InChI=1S/C15H23N3O3/c16-12-15(5-10-21-11-6-15)14(20)17-7-4-13(19)18-8-2-1-3-9-18/h1-11H2,(H,17,20). The Balaban J connectivity index is 1.75. The summed E-state index contributed by atoms with van der Waals surface area (Å²) in [5.41, 5.74) is -0.980. The van der Waals surface area contributed by atoms with Gasteiger partial charge in [-0.3, -0.25) is 9.59 Å². The SMILES string of the molecule is N#CC1(C(=O)NCCC(=O)N2CCCCC2)CCOCC1. The van der Waals surface area contributed by atoms with Gasteiger partial charge in [0.1, 0.15) is 5.41 Å². The Labute approximate surface area is 125 Å². The van der Waals surface area contributed by atoms with Crippen molar-refractivity contribution >= 4 is 11.8 Å². The molecule has 6 heteroatoms. The summed E-state index contributed by atoms with van der Waals surface area (Å²) in [6.45, 7) is 2.83. The van der Waals surface area contributed by atoms with Crippen LogP contribution in [0.25, 0.3) is 0 Å². The maximum atomic E-state index is 12.2. The number of likely N-dealkylation sites (tertiary alicyclic amines) is 1. The maximum absolute atomic E-state index is 12.2. The number of rotatable bonds is 4. The van der Waals surface area contributed by atoms with Gasteiger partial charge >= 0.3 is 0 Å². The van der Waals surface area contributed by atoms with Gasteiger partial charge in [-0.25, -0.2) is 0 Å². The van der Waals surface area contributed by atoms with Crippen molar-refractivity contribution in [2.45, 2.75) is 38.5 Å². The largest absolute Gasteiger partial charge is 0.381 e. The van der Waals surface area contributed by atoms with Crippen LogP contribution in [-0.2, 0) is 14.3 Å². The third kappa shape index (κ3) is 3.94. The lowest BCUT2D eigenvalue weighted by Crippen LogP contribution is -2.45. The van der Waals surface area contributed by atoms with E-state index >= 15 is 0 Å². The highest BCUT2D eigenvalue weighted by molar-refractivity contribution is 5.86. The number of hydrogen-bond donors (Lipinski definition) is 1. The van der Waals surface area contributed by atoms with E-state index in [4.69, 9.17) is 4.74 Å². The first-order valence-corrected chi connectivity index (χ1v) is 7.73. The molecule has 0 saturated carbocycles. The third-order valence-electron chi connectivity index (χ3n) is 4.33. The monoisotopic (exact) mass is 293 g/mol. The molecule has 2 rings (SSSR count). The normalized spacial score (nSPS) is 21.4. The number of carbonyl (C=O) groups is 2. The molecular formula is C15H23N3O3. The van der Waals surface area contributed by atoms with Gasteiger partial charge in [-0.05, 0) is 32.1 Å². The number of ether oxygens (including phenoxy) is 1. The minimum atomic E-state index is -0.980. The highest BCUT2D eigenvalue weighted by atomic mass is 16.5. The van der Waals surface area contributed by atoms with Crippen molar-refractivity contribution in [3.8, 4) is 6.07 Å². The minimum absolute atomic E-state index is 0.0907.